The highest BCUT2D eigenvalue weighted by molar-refractivity contribution is 5.92. The minimum atomic E-state index is -5.01. The summed E-state index contributed by atoms with van der Waals surface area (Å²) in [6.07, 6.45) is -4.28. The van der Waals surface area contributed by atoms with Crippen LogP contribution in [0.4, 0.5) is 13.2 Å². The Morgan fingerprint density at radius 3 is 2.47 bits per heavy atom. The number of alkyl halides is 3. The molecule has 0 unspecified atom stereocenters. The van der Waals surface area contributed by atoms with E-state index in [9.17, 15) is 28.1 Å². The first-order valence-electron chi connectivity index (χ1n) is 3.64. The molecule has 0 aromatic carbocycles. The van der Waals surface area contributed by atoms with Gasteiger partial charge in [0.25, 0.3) is 5.70 Å². The lowest BCUT2D eigenvalue weighted by atomic mass is 10.1. The first-order valence-corrected chi connectivity index (χ1v) is 3.64. The molecule has 0 saturated carbocycles. The molecule has 0 fully saturated rings. The van der Waals surface area contributed by atoms with Gasteiger partial charge in [-0.1, -0.05) is 0 Å². The summed E-state index contributed by atoms with van der Waals surface area (Å²) in [5, 5.41) is 10.3. The highest BCUT2D eigenvalue weighted by atomic mass is 19.4. The zero-order chi connectivity index (χ0) is 11.6. The van der Waals surface area contributed by atoms with Gasteiger partial charge in [0.1, 0.15) is 6.42 Å². The third-order valence-corrected chi connectivity index (χ3v) is 1.49. The van der Waals surface area contributed by atoms with Crippen molar-refractivity contribution in [2.24, 2.45) is 0 Å². The highest BCUT2D eigenvalue weighted by Gasteiger charge is 2.36. The Morgan fingerprint density at radius 2 is 2.00 bits per heavy atom. The summed E-state index contributed by atoms with van der Waals surface area (Å²) in [4.78, 5) is 20.0. The standard InChI is InChI=1S/C7H4F3NO4/c8-7(9,10)15-6-2-1-4(12)3-5(6)11(13)14/h1-2H,3H2. The molecule has 82 valence electrons. The minimum Gasteiger partial charge on any atom is -0.399 e. The van der Waals surface area contributed by atoms with Crippen molar-refractivity contribution in [2.45, 2.75) is 12.8 Å². The summed E-state index contributed by atoms with van der Waals surface area (Å²) >= 11 is 0. The van der Waals surface area contributed by atoms with E-state index in [0.29, 0.717) is 6.08 Å². The van der Waals surface area contributed by atoms with Crippen molar-refractivity contribution in [3.8, 4) is 0 Å². The van der Waals surface area contributed by atoms with Crippen LogP contribution in [0.5, 0.6) is 0 Å². The fourth-order valence-corrected chi connectivity index (χ4v) is 0.948. The zero-order valence-corrected chi connectivity index (χ0v) is 7.08. The fourth-order valence-electron chi connectivity index (χ4n) is 0.948. The smallest absolute Gasteiger partial charge is 0.399 e. The quantitative estimate of drug-likeness (QED) is 0.525. The van der Waals surface area contributed by atoms with E-state index in [4.69, 9.17) is 0 Å². The molecule has 0 radical (unpaired) electrons. The van der Waals surface area contributed by atoms with Crippen LogP contribution in [0.3, 0.4) is 0 Å². The Balaban J connectivity index is 3.00. The topological polar surface area (TPSA) is 69.4 Å². The number of nitro groups is 1. The molecule has 1 aliphatic carbocycles. The van der Waals surface area contributed by atoms with Crippen LogP contribution in [0, 0.1) is 10.1 Å². The predicted octanol–water partition coefficient (Wildman–Crippen LogP) is 1.54. The van der Waals surface area contributed by atoms with Gasteiger partial charge in [0.05, 0.1) is 4.92 Å². The molecule has 0 heterocycles. The van der Waals surface area contributed by atoms with E-state index >= 15 is 0 Å². The van der Waals surface area contributed by atoms with E-state index < -0.39 is 34.9 Å². The summed E-state index contributed by atoms with van der Waals surface area (Å²) in [7, 11) is 0. The van der Waals surface area contributed by atoms with Crippen molar-refractivity contribution in [1.82, 2.24) is 0 Å². The Hall–Kier alpha value is -1.86. The van der Waals surface area contributed by atoms with Gasteiger partial charge in [0.2, 0.25) is 5.76 Å². The van der Waals surface area contributed by atoms with Gasteiger partial charge in [0.15, 0.2) is 5.78 Å². The summed E-state index contributed by atoms with van der Waals surface area (Å²) in [6.45, 7) is 0. The predicted molar refractivity (Wildman–Crippen MR) is 39.9 cm³/mol. The van der Waals surface area contributed by atoms with Gasteiger partial charge in [-0.05, 0) is 12.2 Å². The molecule has 0 aromatic heterocycles. The first kappa shape index (κ1) is 11.2. The molecule has 5 nitrogen and oxygen atoms in total. The van der Waals surface area contributed by atoms with Gasteiger partial charge < -0.3 is 4.74 Å². The summed E-state index contributed by atoms with van der Waals surface area (Å²) in [5.74, 6) is -1.59. The molecule has 0 aromatic rings. The van der Waals surface area contributed by atoms with Crippen LogP contribution >= 0.6 is 0 Å². The molecule has 0 spiro atoms. The number of ether oxygens (including phenoxy) is 1. The first-order chi connectivity index (χ1) is 6.79. The Kier molecular flexibility index (Phi) is 2.78. The number of carbonyl (C=O) groups is 1. The van der Waals surface area contributed by atoms with Crippen molar-refractivity contribution in [3.05, 3.63) is 33.7 Å². The maximum atomic E-state index is 11.8. The van der Waals surface area contributed by atoms with Crippen LogP contribution in [0.2, 0.25) is 0 Å². The molecule has 1 aliphatic rings. The average molecular weight is 223 g/mol. The number of rotatable bonds is 2. The van der Waals surface area contributed by atoms with Crippen LogP contribution in [0.25, 0.3) is 0 Å². The lowest BCUT2D eigenvalue weighted by Gasteiger charge is -2.11. The van der Waals surface area contributed by atoms with Crippen LogP contribution in [0.15, 0.2) is 23.6 Å². The van der Waals surface area contributed by atoms with Crippen molar-refractivity contribution in [2.75, 3.05) is 0 Å². The van der Waals surface area contributed by atoms with E-state index in [2.05, 4.69) is 4.74 Å². The second-order valence-corrected chi connectivity index (χ2v) is 2.59. The van der Waals surface area contributed by atoms with Gasteiger partial charge >= 0.3 is 6.36 Å². The molecule has 1 rings (SSSR count). The zero-order valence-electron chi connectivity index (χ0n) is 7.08. The van der Waals surface area contributed by atoms with Crippen molar-refractivity contribution in [3.63, 3.8) is 0 Å². The molecule has 0 bridgehead atoms. The van der Waals surface area contributed by atoms with Crippen LogP contribution in [0.1, 0.15) is 6.42 Å². The van der Waals surface area contributed by atoms with E-state index in [1.807, 2.05) is 0 Å². The molecule has 0 N–H and O–H groups in total. The number of halogens is 3. The molecule has 0 atom stereocenters. The van der Waals surface area contributed by atoms with E-state index in [0.717, 1.165) is 6.08 Å². The van der Waals surface area contributed by atoms with E-state index in [-0.39, 0.29) is 0 Å². The van der Waals surface area contributed by atoms with Crippen molar-refractivity contribution >= 4 is 5.78 Å². The molecule has 15 heavy (non-hydrogen) atoms. The van der Waals surface area contributed by atoms with Gasteiger partial charge in [-0.15, -0.1) is 13.2 Å². The summed E-state index contributed by atoms with van der Waals surface area (Å²) in [5.41, 5.74) is -0.889. The largest absolute Gasteiger partial charge is 0.573 e. The fraction of sp³-hybridized carbons (Fsp3) is 0.286. The summed E-state index contributed by atoms with van der Waals surface area (Å²) < 4.78 is 38.7. The molecular weight excluding hydrogens is 219 g/mol. The Labute approximate surface area is 81.0 Å². The van der Waals surface area contributed by atoms with Crippen molar-refractivity contribution in [1.29, 1.82) is 0 Å². The maximum Gasteiger partial charge on any atom is 0.573 e. The lowest BCUT2D eigenvalue weighted by molar-refractivity contribution is -0.433. The number of nitrogens with zero attached hydrogens (tertiary/aromatic N) is 1. The third kappa shape index (κ3) is 3.08. The molecular formula is C7H4F3NO4. The second-order valence-electron chi connectivity index (χ2n) is 2.59. The van der Waals surface area contributed by atoms with Crippen molar-refractivity contribution < 1.29 is 27.6 Å². The number of hydrogen-bond donors (Lipinski definition) is 0. The number of carbonyl (C=O) groups excluding carboxylic acids is 1. The molecule has 0 aliphatic heterocycles. The van der Waals surface area contributed by atoms with Crippen LogP contribution < -0.4 is 0 Å². The highest BCUT2D eigenvalue weighted by Crippen LogP contribution is 2.26. The second kappa shape index (κ2) is 3.71. The SMILES string of the molecule is O=C1C=CC(OC(F)(F)F)=C([N+](=O)[O-])C1. The van der Waals surface area contributed by atoms with Crippen LogP contribution in [-0.2, 0) is 9.53 Å². The van der Waals surface area contributed by atoms with E-state index in [1.54, 1.807) is 0 Å². The summed E-state index contributed by atoms with van der Waals surface area (Å²) in [6, 6.07) is 0. The van der Waals surface area contributed by atoms with E-state index in [1.165, 1.54) is 0 Å². The number of hydrogen-bond acceptors (Lipinski definition) is 4. The molecule has 8 heteroatoms. The normalized spacial score (nSPS) is 16.9. The maximum absolute atomic E-state index is 11.8. The van der Waals surface area contributed by atoms with Gasteiger partial charge in [-0.2, -0.15) is 0 Å². The van der Waals surface area contributed by atoms with Gasteiger partial charge in [0, 0.05) is 0 Å². The van der Waals surface area contributed by atoms with Gasteiger partial charge in [-0.25, -0.2) is 0 Å². The lowest BCUT2D eigenvalue weighted by Crippen LogP contribution is -2.19. The monoisotopic (exact) mass is 223 g/mol. The van der Waals surface area contributed by atoms with Gasteiger partial charge in [-0.3, -0.25) is 14.9 Å². The average Bonchev–Trinajstić information content (AvgIpc) is 2.05. The minimum absolute atomic E-state index is 0.636. The Bertz CT molecular complexity index is 369. The number of allylic oxidation sites excluding steroid dienone is 3. The molecule has 0 saturated heterocycles. The third-order valence-electron chi connectivity index (χ3n) is 1.49. The van der Waals surface area contributed by atoms with Crippen LogP contribution in [-0.4, -0.2) is 17.1 Å². The Morgan fingerprint density at radius 1 is 1.40 bits per heavy atom. The molecule has 0 amide bonds. The number of ketones is 1.